The van der Waals surface area contributed by atoms with Gasteiger partial charge in [0.1, 0.15) is 5.69 Å². The Balaban J connectivity index is 2.52. The van der Waals surface area contributed by atoms with E-state index in [-0.39, 0.29) is 0 Å². The molecule has 0 radical (unpaired) electrons. The van der Waals surface area contributed by atoms with E-state index in [0.717, 1.165) is 0 Å². The van der Waals surface area contributed by atoms with Crippen LogP contribution in [0, 0.1) is 12.1 Å². The number of nitrogens with zero attached hydrogens (tertiary/aromatic N) is 3. The minimum Gasteiger partial charge on any atom is -0.375 e. The molecule has 0 amide bonds. The Morgan fingerprint density at radius 1 is 1.69 bits per heavy atom. The largest absolute Gasteiger partial charge is 0.375 e. The maximum atomic E-state index is 10.9. The molecule has 0 unspecified atom stereocenters. The van der Waals surface area contributed by atoms with E-state index in [1.165, 1.54) is 11.3 Å². The van der Waals surface area contributed by atoms with Gasteiger partial charge in [0.2, 0.25) is 5.69 Å². The molecule has 2 rings (SSSR count). The van der Waals surface area contributed by atoms with Crippen molar-refractivity contribution in [3.63, 3.8) is 0 Å². The highest BCUT2D eigenvalue weighted by Crippen LogP contribution is 2.22. The second-order valence-corrected chi connectivity index (χ2v) is 3.32. The lowest BCUT2D eigenvalue weighted by Crippen LogP contribution is -2.25. The highest BCUT2D eigenvalue weighted by Gasteiger charge is 2.18. The summed E-state index contributed by atoms with van der Waals surface area (Å²) in [6.45, 7) is 1.61. The normalized spacial score (nSPS) is 10.5. The molecule has 0 bridgehead atoms. The van der Waals surface area contributed by atoms with E-state index >= 15 is 0 Å². The Bertz CT molecular complexity index is 436. The number of aromatic nitrogens is 3. The van der Waals surface area contributed by atoms with Crippen molar-refractivity contribution in [2.45, 2.75) is 6.92 Å². The molecular weight excluding hydrogens is 192 g/mol. The van der Waals surface area contributed by atoms with Gasteiger partial charge in [-0.05, 0) is 4.90 Å². The van der Waals surface area contributed by atoms with E-state index in [2.05, 4.69) is 14.8 Å². The zero-order valence-corrected chi connectivity index (χ0v) is 7.54. The molecule has 0 atom stereocenters. The summed E-state index contributed by atoms with van der Waals surface area (Å²) in [4.78, 5) is 4.31. The van der Waals surface area contributed by atoms with Gasteiger partial charge in [-0.25, -0.2) is 4.98 Å². The van der Waals surface area contributed by atoms with Gasteiger partial charge in [0.05, 0.1) is 0 Å². The monoisotopic (exact) mass is 198 g/mol. The molecule has 0 saturated carbocycles. The molecule has 0 fully saturated rings. The Kier molecular flexibility index (Phi) is 1.66. The number of hydrogen-bond donors (Lipinski definition) is 1. The molecule has 0 aromatic carbocycles. The maximum Gasteiger partial charge on any atom is 0.270 e. The number of rotatable bonds is 1. The SMILES string of the molecule is Cc1c(-c2csc(N)n2)no[n+]1[O-]. The Morgan fingerprint density at radius 3 is 2.92 bits per heavy atom. The standard InChI is InChI=1S/C6H6N4O2S/c1-3-5(9-12-10(3)11)4-2-13-6(7)8-4/h2H,1H3,(H2,7,8). The van der Waals surface area contributed by atoms with Crippen molar-refractivity contribution in [2.75, 3.05) is 5.73 Å². The van der Waals surface area contributed by atoms with Crippen molar-refractivity contribution >= 4 is 16.5 Å². The first kappa shape index (κ1) is 7.99. The van der Waals surface area contributed by atoms with Crippen LogP contribution >= 0.6 is 11.3 Å². The average Bonchev–Trinajstić information content (AvgIpc) is 2.62. The van der Waals surface area contributed by atoms with Crippen LogP contribution in [-0.2, 0) is 0 Å². The van der Waals surface area contributed by atoms with Gasteiger partial charge >= 0.3 is 0 Å². The van der Waals surface area contributed by atoms with Gasteiger partial charge in [-0.3, -0.25) is 4.63 Å². The highest BCUT2D eigenvalue weighted by atomic mass is 32.1. The summed E-state index contributed by atoms with van der Waals surface area (Å²) in [5, 5.41) is 16.6. The lowest BCUT2D eigenvalue weighted by atomic mass is 10.3. The molecule has 7 heteroatoms. The van der Waals surface area contributed by atoms with E-state index in [9.17, 15) is 5.21 Å². The number of nitrogens with two attached hydrogens (primary N) is 1. The molecule has 0 spiro atoms. The topological polar surface area (TPSA) is 91.9 Å². The fraction of sp³-hybridized carbons (Fsp3) is 0.167. The third-order valence-corrected chi connectivity index (χ3v) is 2.26. The van der Waals surface area contributed by atoms with Crippen LogP contribution in [0.4, 0.5) is 5.13 Å². The molecule has 2 aromatic rings. The van der Waals surface area contributed by atoms with Gasteiger partial charge in [-0.1, -0.05) is 0 Å². The van der Waals surface area contributed by atoms with Crippen LogP contribution in [0.15, 0.2) is 10.0 Å². The summed E-state index contributed by atoms with van der Waals surface area (Å²) in [6, 6.07) is 0. The Hall–Kier alpha value is -1.63. The number of nitrogen functional groups attached to an aromatic ring is 1. The summed E-state index contributed by atoms with van der Waals surface area (Å²) in [5.74, 6) is 0. The first-order valence-corrected chi connectivity index (χ1v) is 4.34. The molecule has 2 N–H and O–H groups in total. The quantitative estimate of drug-likeness (QED) is 0.666. The zero-order valence-electron chi connectivity index (χ0n) is 6.72. The predicted octanol–water partition coefficient (Wildman–Crippen LogP) is 0.322. The third-order valence-electron chi connectivity index (χ3n) is 1.59. The minimum atomic E-state index is 0.338. The van der Waals surface area contributed by atoms with Gasteiger partial charge in [0.15, 0.2) is 5.13 Å². The molecule has 0 aliphatic heterocycles. The highest BCUT2D eigenvalue weighted by molar-refractivity contribution is 7.13. The second-order valence-electron chi connectivity index (χ2n) is 2.44. The number of anilines is 1. The molecule has 0 saturated heterocycles. The van der Waals surface area contributed by atoms with Crippen molar-refractivity contribution in [1.29, 1.82) is 0 Å². The van der Waals surface area contributed by atoms with Crippen LogP contribution in [0.25, 0.3) is 11.4 Å². The van der Waals surface area contributed by atoms with Crippen molar-refractivity contribution in [3.8, 4) is 11.4 Å². The predicted molar refractivity (Wildman–Crippen MR) is 45.7 cm³/mol. The van der Waals surface area contributed by atoms with Crippen LogP contribution in [0.1, 0.15) is 5.69 Å². The Morgan fingerprint density at radius 2 is 2.46 bits per heavy atom. The summed E-state index contributed by atoms with van der Waals surface area (Å²) in [7, 11) is 0. The fourth-order valence-corrected chi connectivity index (χ4v) is 1.47. The lowest BCUT2D eigenvalue weighted by molar-refractivity contribution is -0.806. The van der Waals surface area contributed by atoms with Crippen LogP contribution in [0.2, 0.25) is 0 Å². The first-order valence-electron chi connectivity index (χ1n) is 3.46. The molecule has 68 valence electrons. The summed E-state index contributed by atoms with van der Waals surface area (Å²) < 4.78 is 4.39. The van der Waals surface area contributed by atoms with Gasteiger partial charge in [0, 0.05) is 17.5 Å². The molecule has 2 aromatic heterocycles. The third kappa shape index (κ3) is 1.22. The number of hydrogen-bond acceptors (Lipinski definition) is 6. The van der Waals surface area contributed by atoms with Gasteiger partial charge in [0.25, 0.3) is 5.69 Å². The first-order chi connectivity index (χ1) is 6.18. The summed E-state index contributed by atoms with van der Waals surface area (Å²) in [5.41, 5.74) is 6.82. The lowest BCUT2D eigenvalue weighted by Gasteiger charge is -1.85. The van der Waals surface area contributed by atoms with Gasteiger partial charge in [-0.2, -0.15) is 0 Å². The minimum absolute atomic E-state index is 0.338. The molecular formula is C6H6N4O2S. The van der Waals surface area contributed by atoms with E-state index in [0.29, 0.717) is 27.1 Å². The second kappa shape index (κ2) is 2.70. The summed E-state index contributed by atoms with van der Waals surface area (Å²) in [6.07, 6.45) is 0. The van der Waals surface area contributed by atoms with Crippen LogP contribution in [0.3, 0.4) is 0 Å². The van der Waals surface area contributed by atoms with E-state index < -0.39 is 0 Å². The van der Waals surface area contributed by atoms with Crippen LogP contribution in [-0.4, -0.2) is 10.1 Å². The summed E-state index contributed by atoms with van der Waals surface area (Å²) >= 11 is 1.29. The van der Waals surface area contributed by atoms with Crippen molar-refractivity contribution in [1.82, 2.24) is 10.1 Å². The van der Waals surface area contributed by atoms with Crippen molar-refractivity contribution < 1.29 is 9.53 Å². The van der Waals surface area contributed by atoms with Gasteiger partial charge < -0.3 is 10.9 Å². The zero-order chi connectivity index (χ0) is 9.42. The van der Waals surface area contributed by atoms with Crippen LogP contribution in [0.5, 0.6) is 0 Å². The average molecular weight is 198 g/mol. The van der Waals surface area contributed by atoms with E-state index in [1.807, 2.05) is 0 Å². The van der Waals surface area contributed by atoms with Crippen molar-refractivity contribution in [2.24, 2.45) is 0 Å². The molecule has 0 aliphatic carbocycles. The fourth-order valence-electron chi connectivity index (χ4n) is 0.920. The van der Waals surface area contributed by atoms with Gasteiger partial charge in [-0.15, -0.1) is 11.3 Å². The van der Waals surface area contributed by atoms with Crippen molar-refractivity contribution in [3.05, 3.63) is 16.3 Å². The molecule has 0 aliphatic rings. The van der Waals surface area contributed by atoms with E-state index in [1.54, 1.807) is 12.3 Å². The smallest absolute Gasteiger partial charge is 0.270 e. The number of thiazole rings is 1. The molecule has 6 nitrogen and oxygen atoms in total. The molecule has 2 heterocycles. The van der Waals surface area contributed by atoms with Crippen LogP contribution < -0.4 is 10.6 Å². The molecule has 13 heavy (non-hydrogen) atoms. The van der Waals surface area contributed by atoms with E-state index in [4.69, 9.17) is 5.73 Å². The Labute approximate surface area is 77.1 Å². The maximum absolute atomic E-state index is 10.9.